The molecule has 19 heavy (non-hydrogen) atoms. The van der Waals surface area contributed by atoms with E-state index in [4.69, 9.17) is 9.84 Å². The predicted octanol–water partition coefficient (Wildman–Crippen LogP) is 1.44. The van der Waals surface area contributed by atoms with Crippen LogP contribution in [0, 0.1) is 5.92 Å². The number of carboxylic acid groups (broad SMARTS) is 1. The lowest BCUT2D eigenvalue weighted by molar-refractivity contribution is -0.192. The number of alkyl halides is 3. The molecule has 1 aromatic heterocycles. The van der Waals surface area contributed by atoms with Crippen molar-refractivity contribution in [3.63, 3.8) is 0 Å². The second kappa shape index (κ2) is 6.37. The fourth-order valence-corrected chi connectivity index (χ4v) is 1.38. The number of carboxylic acids is 1. The minimum Gasteiger partial charge on any atom is -0.481 e. The molecule has 0 bridgehead atoms. The number of methoxy groups -OCH3 is 1. The summed E-state index contributed by atoms with van der Waals surface area (Å²) >= 11 is 0. The first-order valence-electron chi connectivity index (χ1n) is 5.33. The van der Waals surface area contributed by atoms with Gasteiger partial charge in [0.05, 0.1) is 7.11 Å². The van der Waals surface area contributed by atoms with Crippen molar-refractivity contribution in [2.75, 3.05) is 13.7 Å². The quantitative estimate of drug-likeness (QED) is 0.824. The first kappa shape index (κ1) is 15.2. The lowest BCUT2D eigenvalue weighted by Gasteiger charge is -2.16. The summed E-state index contributed by atoms with van der Waals surface area (Å²) in [6, 6.07) is 3.15. The molecule has 1 heterocycles. The second-order valence-corrected chi connectivity index (χ2v) is 3.77. The molecule has 1 unspecified atom stereocenters. The highest BCUT2D eigenvalue weighted by Crippen LogP contribution is 2.25. The molecule has 1 aromatic rings. The molecule has 0 saturated heterocycles. The van der Waals surface area contributed by atoms with Crippen LogP contribution in [-0.2, 0) is 11.3 Å². The molecule has 0 fully saturated rings. The van der Waals surface area contributed by atoms with E-state index in [1.54, 1.807) is 12.1 Å². The molecule has 8 heteroatoms. The minimum absolute atomic E-state index is 0.0960. The van der Waals surface area contributed by atoms with Gasteiger partial charge in [-0.25, -0.2) is 4.98 Å². The van der Waals surface area contributed by atoms with E-state index in [1.807, 2.05) is 0 Å². The van der Waals surface area contributed by atoms with Crippen LogP contribution in [-0.4, -0.2) is 35.9 Å². The monoisotopic (exact) mass is 278 g/mol. The van der Waals surface area contributed by atoms with Gasteiger partial charge in [0.25, 0.3) is 0 Å². The Labute approximate surface area is 107 Å². The van der Waals surface area contributed by atoms with Gasteiger partial charge in [0.2, 0.25) is 5.88 Å². The summed E-state index contributed by atoms with van der Waals surface area (Å²) < 4.78 is 42.0. The number of nitrogens with zero attached hydrogens (tertiary/aromatic N) is 1. The van der Waals surface area contributed by atoms with Crippen molar-refractivity contribution < 1.29 is 27.8 Å². The van der Waals surface area contributed by atoms with Crippen LogP contribution in [0.4, 0.5) is 13.2 Å². The number of carbonyl (C=O) groups is 1. The van der Waals surface area contributed by atoms with Crippen molar-refractivity contribution in [3.05, 3.63) is 23.9 Å². The van der Waals surface area contributed by atoms with Crippen molar-refractivity contribution >= 4 is 5.97 Å². The maximum Gasteiger partial charge on any atom is 0.403 e. The van der Waals surface area contributed by atoms with E-state index in [9.17, 15) is 18.0 Å². The average Bonchev–Trinajstić information content (AvgIpc) is 2.33. The first-order valence-corrected chi connectivity index (χ1v) is 5.33. The topological polar surface area (TPSA) is 71.5 Å². The maximum absolute atomic E-state index is 12.4. The molecule has 0 saturated carbocycles. The molecule has 5 nitrogen and oxygen atoms in total. The summed E-state index contributed by atoms with van der Waals surface area (Å²) in [7, 11) is 1.42. The number of nitrogens with one attached hydrogen (secondary N) is 1. The minimum atomic E-state index is -4.77. The van der Waals surface area contributed by atoms with Crippen LogP contribution >= 0.6 is 0 Å². The fraction of sp³-hybridized carbons (Fsp3) is 0.455. The van der Waals surface area contributed by atoms with Gasteiger partial charge in [-0.1, -0.05) is 0 Å². The largest absolute Gasteiger partial charge is 0.481 e. The Balaban J connectivity index is 2.54. The molecule has 0 aromatic carbocycles. The second-order valence-electron chi connectivity index (χ2n) is 3.77. The number of hydrogen-bond donors (Lipinski definition) is 2. The Hall–Kier alpha value is -1.83. The summed E-state index contributed by atoms with van der Waals surface area (Å²) in [5, 5.41) is 11.0. The molecular weight excluding hydrogens is 265 g/mol. The summed E-state index contributed by atoms with van der Waals surface area (Å²) in [6.45, 7) is -0.595. The predicted molar refractivity (Wildman–Crippen MR) is 59.7 cm³/mol. The van der Waals surface area contributed by atoms with Crippen LogP contribution < -0.4 is 10.1 Å². The molecule has 0 aliphatic heterocycles. The maximum atomic E-state index is 12.4. The van der Waals surface area contributed by atoms with Crippen molar-refractivity contribution in [3.8, 4) is 5.88 Å². The molecule has 1 atom stereocenters. The van der Waals surface area contributed by atoms with E-state index in [-0.39, 0.29) is 6.54 Å². The van der Waals surface area contributed by atoms with E-state index in [2.05, 4.69) is 10.3 Å². The molecule has 0 amide bonds. The van der Waals surface area contributed by atoms with Crippen LogP contribution in [0.2, 0.25) is 0 Å². The Morgan fingerprint density at radius 2 is 2.26 bits per heavy atom. The van der Waals surface area contributed by atoms with Gasteiger partial charge < -0.3 is 15.2 Å². The van der Waals surface area contributed by atoms with Crippen molar-refractivity contribution in [2.45, 2.75) is 12.7 Å². The van der Waals surface area contributed by atoms with Gasteiger partial charge in [0, 0.05) is 25.4 Å². The number of halogens is 3. The van der Waals surface area contributed by atoms with Crippen LogP contribution in [0.5, 0.6) is 5.88 Å². The lowest BCUT2D eigenvalue weighted by Crippen LogP contribution is -2.38. The van der Waals surface area contributed by atoms with E-state index >= 15 is 0 Å². The van der Waals surface area contributed by atoms with Gasteiger partial charge in [-0.05, 0) is 11.6 Å². The third-order valence-electron chi connectivity index (χ3n) is 2.38. The van der Waals surface area contributed by atoms with Gasteiger partial charge in [0.1, 0.15) is 0 Å². The standard InChI is InChI=1S/C11H13F3N2O3/c1-19-9-4-7(2-3-16-9)5-15-6-8(10(17)18)11(12,13)14/h2-4,8,15H,5-6H2,1H3,(H,17,18). The summed E-state index contributed by atoms with van der Waals surface area (Å²) in [4.78, 5) is 14.3. The third kappa shape index (κ3) is 4.74. The smallest absolute Gasteiger partial charge is 0.403 e. The van der Waals surface area contributed by atoms with Crippen LogP contribution in [0.3, 0.4) is 0 Å². The highest BCUT2D eigenvalue weighted by molar-refractivity contribution is 5.71. The summed E-state index contributed by atoms with van der Waals surface area (Å²) in [5.74, 6) is -3.98. The Morgan fingerprint density at radius 3 is 2.79 bits per heavy atom. The Bertz CT molecular complexity index is 437. The van der Waals surface area contributed by atoms with Crippen molar-refractivity contribution in [1.29, 1.82) is 0 Å². The highest BCUT2D eigenvalue weighted by atomic mass is 19.4. The van der Waals surface area contributed by atoms with Crippen molar-refractivity contribution in [1.82, 2.24) is 10.3 Å². The fourth-order valence-electron chi connectivity index (χ4n) is 1.38. The molecule has 0 aliphatic carbocycles. The number of hydrogen-bond acceptors (Lipinski definition) is 4. The van der Waals surface area contributed by atoms with Crippen LogP contribution in [0.25, 0.3) is 0 Å². The zero-order chi connectivity index (χ0) is 14.5. The highest BCUT2D eigenvalue weighted by Gasteiger charge is 2.44. The van der Waals surface area contributed by atoms with Crippen LogP contribution in [0.1, 0.15) is 5.56 Å². The number of rotatable bonds is 6. The van der Waals surface area contributed by atoms with E-state index in [0.29, 0.717) is 11.4 Å². The molecule has 2 N–H and O–H groups in total. The number of aliphatic carboxylic acids is 1. The van der Waals surface area contributed by atoms with Gasteiger partial charge in [-0.2, -0.15) is 13.2 Å². The molecule has 106 valence electrons. The zero-order valence-corrected chi connectivity index (χ0v) is 10.1. The molecule has 1 rings (SSSR count). The van der Waals surface area contributed by atoms with Gasteiger partial charge in [0.15, 0.2) is 5.92 Å². The number of aromatic nitrogens is 1. The third-order valence-corrected chi connectivity index (χ3v) is 2.38. The zero-order valence-electron chi connectivity index (χ0n) is 10.1. The van der Waals surface area contributed by atoms with E-state index < -0.39 is 24.6 Å². The number of ether oxygens (including phenoxy) is 1. The SMILES string of the molecule is COc1cc(CNCC(C(=O)O)C(F)(F)F)ccn1. The first-order chi connectivity index (χ1) is 8.84. The average molecular weight is 278 g/mol. The van der Waals surface area contributed by atoms with Crippen molar-refractivity contribution in [2.24, 2.45) is 5.92 Å². The van der Waals surface area contributed by atoms with Gasteiger partial charge >= 0.3 is 12.1 Å². The van der Waals surface area contributed by atoms with Crippen LogP contribution in [0.15, 0.2) is 18.3 Å². The normalized spacial score (nSPS) is 13.1. The Kier molecular flexibility index (Phi) is 5.11. The van der Waals surface area contributed by atoms with E-state index in [1.165, 1.54) is 13.3 Å². The lowest BCUT2D eigenvalue weighted by atomic mass is 10.1. The number of pyridine rings is 1. The van der Waals surface area contributed by atoms with Gasteiger partial charge in [-0.15, -0.1) is 0 Å². The summed E-state index contributed by atoms with van der Waals surface area (Å²) in [5.41, 5.74) is 0.651. The van der Waals surface area contributed by atoms with E-state index in [0.717, 1.165) is 0 Å². The molecular formula is C11H13F3N2O3. The summed E-state index contributed by atoms with van der Waals surface area (Å²) in [6.07, 6.45) is -3.32. The molecule has 0 radical (unpaired) electrons. The molecule has 0 aliphatic rings. The Morgan fingerprint density at radius 1 is 1.58 bits per heavy atom. The molecule has 0 spiro atoms. The van der Waals surface area contributed by atoms with Gasteiger partial charge in [-0.3, -0.25) is 4.79 Å².